The van der Waals surface area contributed by atoms with Crippen molar-refractivity contribution < 1.29 is 14.3 Å². The van der Waals surface area contributed by atoms with Gasteiger partial charge in [-0.2, -0.15) is 0 Å². The molecule has 1 aliphatic rings. The maximum atomic E-state index is 12.8. The van der Waals surface area contributed by atoms with Crippen molar-refractivity contribution in [2.24, 2.45) is 0 Å². The van der Waals surface area contributed by atoms with E-state index in [-0.39, 0.29) is 18.0 Å². The van der Waals surface area contributed by atoms with Gasteiger partial charge in [-0.25, -0.2) is 4.98 Å². The van der Waals surface area contributed by atoms with E-state index in [1.165, 1.54) is 0 Å². The summed E-state index contributed by atoms with van der Waals surface area (Å²) < 4.78 is 11.1. The molecule has 0 radical (unpaired) electrons. The molecule has 0 saturated carbocycles. The number of fused-ring (bicyclic) bond motifs is 1. The number of amides is 1. The van der Waals surface area contributed by atoms with Gasteiger partial charge >= 0.3 is 0 Å². The SMILES string of the molecule is CCOC(OCC)c1nc2c(c(=O)[nH]1)CN(C(=O)c1ccccc1C)CC2. The Kier molecular flexibility index (Phi) is 6.03. The highest BCUT2D eigenvalue weighted by Gasteiger charge is 2.27. The summed E-state index contributed by atoms with van der Waals surface area (Å²) >= 11 is 0. The van der Waals surface area contributed by atoms with Gasteiger partial charge in [-0.05, 0) is 32.4 Å². The van der Waals surface area contributed by atoms with Crippen molar-refractivity contribution in [2.45, 2.75) is 40.0 Å². The second-order valence-electron chi connectivity index (χ2n) is 6.41. The van der Waals surface area contributed by atoms with E-state index in [0.717, 1.165) is 5.56 Å². The Balaban J connectivity index is 1.85. The smallest absolute Gasteiger partial charge is 0.256 e. The van der Waals surface area contributed by atoms with Gasteiger partial charge in [-0.15, -0.1) is 0 Å². The second-order valence-corrected chi connectivity index (χ2v) is 6.41. The molecule has 1 aromatic carbocycles. The highest BCUT2D eigenvalue weighted by molar-refractivity contribution is 5.95. The van der Waals surface area contributed by atoms with Crippen molar-refractivity contribution in [3.8, 4) is 0 Å². The van der Waals surface area contributed by atoms with E-state index in [0.29, 0.717) is 48.8 Å². The van der Waals surface area contributed by atoms with Gasteiger partial charge in [0.2, 0.25) is 6.29 Å². The summed E-state index contributed by atoms with van der Waals surface area (Å²) in [4.78, 5) is 34.5. The van der Waals surface area contributed by atoms with Crippen LogP contribution in [-0.4, -0.2) is 40.5 Å². The zero-order valence-electron chi connectivity index (χ0n) is 15.9. The Morgan fingerprint density at radius 2 is 1.96 bits per heavy atom. The molecule has 144 valence electrons. The van der Waals surface area contributed by atoms with Gasteiger partial charge in [0.15, 0.2) is 5.82 Å². The molecule has 2 heterocycles. The van der Waals surface area contributed by atoms with Crippen LogP contribution in [0, 0.1) is 6.92 Å². The van der Waals surface area contributed by atoms with Crippen LogP contribution in [0.2, 0.25) is 0 Å². The minimum atomic E-state index is -0.690. The molecule has 1 aliphatic heterocycles. The molecular weight excluding hydrogens is 346 g/mol. The van der Waals surface area contributed by atoms with Crippen LogP contribution in [-0.2, 0) is 22.4 Å². The van der Waals surface area contributed by atoms with E-state index in [1.807, 2.05) is 45.0 Å². The molecule has 0 spiro atoms. The first-order valence-corrected chi connectivity index (χ1v) is 9.25. The van der Waals surface area contributed by atoms with Crippen LogP contribution in [0.25, 0.3) is 0 Å². The number of carbonyl (C=O) groups is 1. The van der Waals surface area contributed by atoms with E-state index in [9.17, 15) is 9.59 Å². The maximum Gasteiger partial charge on any atom is 0.256 e. The molecule has 7 nitrogen and oxygen atoms in total. The number of aromatic amines is 1. The molecule has 0 saturated heterocycles. The van der Waals surface area contributed by atoms with Crippen LogP contribution in [0.5, 0.6) is 0 Å². The average Bonchev–Trinajstić information content (AvgIpc) is 2.67. The summed E-state index contributed by atoms with van der Waals surface area (Å²) in [5.74, 6) is 0.310. The van der Waals surface area contributed by atoms with Crippen LogP contribution < -0.4 is 5.56 Å². The molecular formula is C20H25N3O4. The molecule has 0 aliphatic carbocycles. The first-order chi connectivity index (χ1) is 13.0. The van der Waals surface area contributed by atoms with Crippen LogP contribution >= 0.6 is 0 Å². The van der Waals surface area contributed by atoms with Gasteiger partial charge in [0.05, 0.1) is 17.8 Å². The Labute approximate surface area is 158 Å². The summed E-state index contributed by atoms with van der Waals surface area (Å²) in [5, 5.41) is 0. The Morgan fingerprint density at radius 1 is 1.26 bits per heavy atom. The van der Waals surface area contributed by atoms with Gasteiger partial charge in [0.1, 0.15) is 0 Å². The highest BCUT2D eigenvalue weighted by Crippen LogP contribution is 2.20. The fourth-order valence-corrected chi connectivity index (χ4v) is 3.22. The summed E-state index contributed by atoms with van der Waals surface area (Å²) in [7, 11) is 0. The summed E-state index contributed by atoms with van der Waals surface area (Å²) in [5.41, 5.74) is 2.56. The molecule has 1 aromatic heterocycles. The quantitative estimate of drug-likeness (QED) is 0.788. The number of rotatable bonds is 6. The van der Waals surface area contributed by atoms with Gasteiger partial charge in [-0.3, -0.25) is 9.59 Å². The molecule has 7 heteroatoms. The van der Waals surface area contributed by atoms with Crippen LogP contribution in [0.15, 0.2) is 29.1 Å². The van der Waals surface area contributed by atoms with E-state index in [4.69, 9.17) is 9.47 Å². The Hall–Kier alpha value is -2.51. The number of carbonyl (C=O) groups excluding carboxylic acids is 1. The number of H-pyrrole nitrogens is 1. The van der Waals surface area contributed by atoms with Crippen molar-refractivity contribution in [3.63, 3.8) is 0 Å². The molecule has 1 amide bonds. The molecule has 0 unspecified atom stereocenters. The largest absolute Gasteiger partial charge is 0.346 e. The molecule has 3 rings (SSSR count). The highest BCUT2D eigenvalue weighted by atomic mass is 16.7. The van der Waals surface area contributed by atoms with E-state index in [1.54, 1.807) is 4.90 Å². The van der Waals surface area contributed by atoms with Crippen molar-refractivity contribution in [1.82, 2.24) is 14.9 Å². The average molecular weight is 371 g/mol. The normalized spacial score (nSPS) is 13.7. The summed E-state index contributed by atoms with van der Waals surface area (Å²) in [6.45, 7) is 7.29. The van der Waals surface area contributed by atoms with Crippen LogP contribution in [0.3, 0.4) is 0 Å². The summed E-state index contributed by atoms with van der Waals surface area (Å²) in [6.07, 6.45) is -0.167. The minimum Gasteiger partial charge on any atom is -0.346 e. The van der Waals surface area contributed by atoms with E-state index < -0.39 is 6.29 Å². The third kappa shape index (κ3) is 4.09. The predicted molar refractivity (Wildman–Crippen MR) is 100 cm³/mol. The Bertz CT molecular complexity index is 872. The van der Waals surface area contributed by atoms with Crippen molar-refractivity contribution in [2.75, 3.05) is 19.8 Å². The Morgan fingerprint density at radius 3 is 2.63 bits per heavy atom. The first-order valence-electron chi connectivity index (χ1n) is 9.25. The molecule has 0 atom stereocenters. The maximum absolute atomic E-state index is 12.8. The molecule has 0 bridgehead atoms. The lowest BCUT2D eigenvalue weighted by molar-refractivity contribution is -0.145. The number of hydrogen-bond donors (Lipinski definition) is 1. The number of nitrogens with zero attached hydrogens (tertiary/aromatic N) is 2. The molecule has 2 aromatic rings. The fraction of sp³-hybridized carbons (Fsp3) is 0.450. The standard InChI is InChI=1S/C20H25N3O4/c1-4-26-20(27-5-2)17-21-16-10-11-23(12-15(16)18(24)22-17)19(25)14-9-7-6-8-13(14)3/h6-9,20H,4-5,10-12H2,1-3H3,(H,21,22,24). The van der Waals surface area contributed by atoms with Gasteiger partial charge in [0.25, 0.3) is 11.5 Å². The lowest BCUT2D eigenvalue weighted by Crippen LogP contribution is -2.40. The van der Waals surface area contributed by atoms with Crippen LogP contribution in [0.4, 0.5) is 0 Å². The molecule has 1 N–H and O–H groups in total. The molecule has 0 fully saturated rings. The lowest BCUT2D eigenvalue weighted by atomic mass is 10.0. The first kappa shape index (κ1) is 19.3. The summed E-state index contributed by atoms with van der Waals surface area (Å²) in [6, 6.07) is 7.47. The minimum absolute atomic E-state index is 0.0660. The molecule has 27 heavy (non-hydrogen) atoms. The second kappa shape index (κ2) is 8.45. The van der Waals surface area contributed by atoms with E-state index in [2.05, 4.69) is 9.97 Å². The van der Waals surface area contributed by atoms with Crippen LogP contribution in [0.1, 0.15) is 53.1 Å². The third-order valence-corrected chi connectivity index (χ3v) is 4.61. The van der Waals surface area contributed by atoms with Crippen molar-refractivity contribution in [1.29, 1.82) is 0 Å². The zero-order chi connectivity index (χ0) is 19.4. The lowest BCUT2D eigenvalue weighted by Gasteiger charge is -2.29. The van der Waals surface area contributed by atoms with Crippen molar-refractivity contribution >= 4 is 5.91 Å². The number of hydrogen-bond acceptors (Lipinski definition) is 5. The topological polar surface area (TPSA) is 84.5 Å². The monoisotopic (exact) mass is 371 g/mol. The number of aryl methyl sites for hydroxylation is 1. The fourth-order valence-electron chi connectivity index (χ4n) is 3.22. The van der Waals surface area contributed by atoms with E-state index >= 15 is 0 Å². The number of nitrogens with one attached hydrogen (secondary N) is 1. The zero-order valence-corrected chi connectivity index (χ0v) is 15.9. The van der Waals surface area contributed by atoms with Gasteiger partial charge in [0, 0.05) is 31.7 Å². The predicted octanol–water partition coefficient (Wildman–Crippen LogP) is 2.35. The van der Waals surface area contributed by atoms with Crippen molar-refractivity contribution in [3.05, 3.63) is 62.8 Å². The van der Waals surface area contributed by atoms with Gasteiger partial charge in [-0.1, -0.05) is 18.2 Å². The van der Waals surface area contributed by atoms with Gasteiger partial charge < -0.3 is 19.4 Å². The third-order valence-electron chi connectivity index (χ3n) is 4.61. The number of aromatic nitrogens is 2. The number of ether oxygens (including phenoxy) is 2. The number of benzene rings is 1.